The Morgan fingerprint density at radius 3 is 2.44 bits per heavy atom. The van der Waals surface area contributed by atoms with Gasteiger partial charge < -0.3 is 10.2 Å². The molecule has 4 rings (SSSR count). The molecular weight excluding hydrogens is 318 g/mol. The molecule has 4 aromatic rings. The minimum atomic E-state index is -0.103. The Kier molecular flexibility index (Phi) is 3.59. The van der Waals surface area contributed by atoms with Crippen LogP contribution in [0.4, 0.5) is 0 Å². The van der Waals surface area contributed by atoms with Gasteiger partial charge in [-0.2, -0.15) is 5.10 Å². The normalized spacial score (nSPS) is 10.7. The van der Waals surface area contributed by atoms with Gasteiger partial charge in [0.05, 0.1) is 17.4 Å². The van der Waals surface area contributed by atoms with Gasteiger partial charge in [-0.3, -0.25) is 0 Å². The first-order valence-corrected chi connectivity index (χ1v) is 7.53. The number of benzene rings is 2. The predicted molar refractivity (Wildman–Crippen MR) is 91.2 cm³/mol. The average Bonchev–Trinajstić information content (AvgIpc) is 3.12. The number of para-hydroxylation sites is 1. The molecule has 2 N–H and O–H groups in total. The minimum Gasteiger partial charge on any atom is -0.508 e. The highest BCUT2D eigenvalue weighted by Gasteiger charge is 2.14. The molecule has 0 aliphatic rings. The molecule has 0 radical (unpaired) electrons. The smallest absolute Gasteiger partial charge is 0.181 e. The number of hydrogen-bond donors (Lipinski definition) is 2. The van der Waals surface area contributed by atoms with E-state index in [-0.39, 0.29) is 11.5 Å². The van der Waals surface area contributed by atoms with Crippen molar-refractivity contribution in [1.29, 1.82) is 0 Å². The zero-order valence-corrected chi connectivity index (χ0v) is 13.0. The van der Waals surface area contributed by atoms with Crippen molar-refractivity contribution in [1.82, 2.24) is 24.7 Å². The van der Waals surface area contributed by atoms with Crippen LogP contribution in [0.25, 0.3) is 28.6 Å². The summed E-state index contributed by atoms with van der Waals surface area (Å²) in [4.78, 5) is 12.8. The number of phenolic OH excluding ortho intramolecular Hbond substituents is 2. The molecular formula is C18H13N5O2. The van der Waals surface area contributed by atoms with E-state index in [9.17, 15) is 10.2 Å². The van der Waals surface area contributed by atoms with Gasteiger partial charge >= 0.3 is 0 Å². The summed E-state index contributed by atoms with van der Waals surface area (Å²) in [7, 11) is 0. The van der Waals surface area contributed by atoms with Crippen LogP contribution in [0.1, 0.15) is 0 Å². The van der Waals surface area contributed by atoms with E-state index in [0.717, 1.165) is 5.69 Å². The van der Waals surface area contributed by atoms with Crippen molar-refractivity contribution in [3.63, 3.8) is 0 Å². The summed E-state index contributed by atoms with van der Waals surface area (Å²) in [6.45, 7) is 0. The molecule has 0 aliphatic heterocycles. The second-order valence-corrected chi connectivity index (χ2v) is 5.30. The number of rotatable bonds is 3. The molecule has 0 spiro atoms. The third kappa shape index (κ3) is 2.78. The molecule has 7 heteroatoms. The number of hydrogen-bond acceptors (Lipinski definition) is 6. The second kappa shape index (κ2) is 6.04. The van der Waals surface area contributed by atoms with E-state index in [0.29, 0.717) is 22.9 Å². The fraction of sp³-hybridized carbons (Fsp3) is 0. The maximum absolute atomic E-state index is 10.0. The molecule has 0 saturated heterocycles. The van der Waals surface area contributed by atoms with Crippen LogP contribution in [0.2, 0.25) is 0 Å². The highest BCUT2D eigenvalue weighted by molar-refractivity contribution is 5.66. The Labute approximate surface area is 142 Å². The third-order valence-corrected chi connectivity index (χ3v) is 3.67. The zero-order valence-electron chi connectivity index (χ0n) is 13.0. The van der Waals surface area contributed by atoms with Crippen molar-refractivity contribution in [2.24, 2.45) is 0 Å². The van der Waals surface area contributed by atoms with Gasteiger partial charge in [0.2, 0.25) is 0 Å². The van der Waals surface area contributed by atoms with Gasteiger partial charge in [-0.25, -0.2) is 19.6 Å². The van der Waals surface area contributed by atoms with Gasteiger partial charge in [0.25, 0.3) is 0 Å². The Morgan fingerprint density at radius 1 is 0.840 bits per heavy atom. The highest BCUT2D eigenvalue weighted by atomic mass is 16.3. The molecule has 2 heterocycles. The fourth-order valence-electron chi connectivity index (χ4n) is 2.51. The lowest BCUT2D eigenvalue weighted by molar-refractivity contribution is 0.451. The van der Waals surface area contributed by atoms with Crippen LogP contribution in [0, 0.1) is 0 Å². The molecule has 7 nitrogen and oxygen atoms in total. The molecule has 0 amide bonds. The van der Waals surface area contributed by atoms with E-state index in [1.165, 1.54) is 18.5 Å². The molecule has 25 heavy (non-hydrogen) atoms. The first kappa shape index (κ1) is 14.8. The van der Waals surface area contributed by atoms with E-state index in [1.54, 1.807) is 16.9 Å². The van der Waals surface area contributed by atoms with Crippen molar-refractivity contribution < 1.29 is 10.2 Å². The van der Waals surface area contributed by atoms with Crippen LogP contribution in [0.3, 0.4) is 0 Å². The highest BCUT2D eigenvalue weighted by Crippen LogP contribution is 2.30. The number of phenols is 2. The Balaban J connectivity index is 1.80. The molecule has 2 aromatic heterocycles. The minimum absolute atomic E-state index is 0.0299. The lowest BCUT2D eigenvalue weighted by Crippen LogP contribution is -2.02. The zero-order chi connectivity index (χ0) is 17.2. The molecule has 0 aliphatic carbocycles. The van der Waals surface area contributed by atoms with Gasteiger partial charge in [0.15, 0.2) is 11.6 Å². The molecule has 122 valence electrons. The molecule has 2 aromatic carbocycles. The van der Waals surface area contributed by atoms with Crippen molar-refractivity contribution in [3.05, 3.63) is 67.1 Å². The van der Waals surface area contributed by atoms with Gasteiger partial charge in [-0.1, -0.05) is 18.2 Å². The molecule has 0 fully saturated rings. The Morgan fingerprint density at radius 2 is 1.64 bits per heavy atom. The Hall–Kier alpha value is -3.74. The first-order chi connectivity index (χ1) is 12.2. The van der Waals surface area contributed by atoms with Crippen molar-refractivity contribution in [2.45, 2.75) is 0 Å². The largest absolute Gasteiger partial charge is 0.508 e. The van der Waals surface area contributed by atoms with Crippen LogP contribution >= 0.6 is 0 Å². The first-order valence-electron chi connectivity index (χ1n) is 7.53. The predicted octanol–water partition coefficient (Wildman–Crippen LogP) is 2.80. The molecule has 0 bridgehead atoms. The fourth-order valence-corrected chi connectivity index (χ4v) is 2.51. The van der Waals surface area contributed by atoms with E-state index in [2.05, 4.69) is 20.1 Å². The van der Waals surface area contributed by atoms with Gasteiger partial charge in [0, 0.05) is 6.07 Å². The monoisotopic (exact) mass is 331 g/mol. The van der Waals surface area contributed by atoms with Crippen molar-refractivity contribution in [3.8, 4) is 40.1 Å². The van der Waals surface area contributed by atoms with Gasteiger partial charge in [-0.05, 0) is 30.3 Å². The summed E-state index contributed by atoms with van der Waals surface area (Å²) >= 11 is 0. The number of nitrogens with zero attached hydrogens (tertiary/aromatic N) is 5. The van der Waals surface area contributed by atoms with E-state index in [1.807, 2.05) is 36.4 Å². The quantitative estimate of drug-likeness (QED) is 0.599. The molecule has 0 unspecified atom stereocenters. The van der Waals surface area contributed by atoms with Crippen LogP contribution < -0.4 is 0 Å². The lowest BCUT2D eigenvalue weighted by atomic mass is 10.2. The average molecular weight is 331 g/mol. The maximum Gasteiger partial charge on any atom is 0.181 e. The van der Waals surface area contributed by atoms with E-state index in [4.69, 9.17) is 0 Å². The molecule has 0 atom stereocenters. The van der Waals surface area contributed by atoms with E-state index >= 15 is 0 Å². The number of aromatic nitrogens is 5. The summed E-state index contributed by atoms with van der Waals surface area (Å²) in [6, 6.07) is 15.7. The SMILES string of the molecule is Oc1ccc(-c2ncnc(-c3ccnn3-c3ccccc3)n2)c(O)c1. The summed E-state index contributed by atoms with van der Waals surface area (Å²) in [6.07, 6.45) is 3.05. The van der Waals surface area contributed by atoms with Crippen LogP contribution in [-0.4, -0.2) is 34.9 Å². The topological polar surface area (TPSA) is 97.0 Å². The second-order valence-electron chi connectivity index (χ2n) is 5.30. The maximum atomic E-state index is 10.0. The van der Waals surface area contributed by atoms with Crippen LogP contribution in [0.5, 0.6) is 11.5 Å². The van der Waals surface area contributed by atoms with Crippen molar-refractivity contribution in [2.75, 3.05) is 0 Å². The van der Waals surface area contributed by atoms with Gasteiger partial charge in [-0.15, -0.1) is 0 Å². The lowest BCUT2D eigenvalue weighted by Gasteiger charge is -2.08. The summed E-state index contributed by atoms with van der Waals surface area (Å²) in [5.74, 6) is 0.605. The third-order valence-electron chi connectivity index (χ3n) is 3.67. The van der Waals surface area contributed by atoms with Gasteiger partial charge in [0.1, 0.15) is 23.5 Å². The van der Waals surface area contributed by atoms with Crippen molar-refractivity contribution >= 4 is 0 Å². The van der Waals surface area contributed by atoms with E-state index < -0.39 is 0 Å². The summed E-state index contributed by atoms with van der Waals surface area (Å²) in [5, 5.41) is 23.8. The number of aromatic hydroxyl groups is 2. The molecule has 0 saturated carbocycles. The van der Waals surface area contributed by atoms with Crippen LogP contribution in [0.15, 0.2) is 67.1 Å². The summed E-state index contributed by atoms with van der Waals surface area (Å²) in [5.41, 5.74) is 2.00. The Bertz CT molecular complexity index is 1030. The standard InChI is InChI=1S/C18H13N5O2/c24-13-6-7-14(16(25)10-13)17-19-11-20-18(22-17)15-8-9-21-23(15)12-4-2-1-3-5-12/h1-11,24-25H. The summed E-state index contributed by atoms with van der Waals surface area (Å²) < 4.78 is 1.73. The van der Waals surface area contributed by atoms with Crippen LogP contribution in [-0.2, 0) is 0 Å².